The van der Waals surface area contributed by atoms with Gasteiger partial charge in [0, 0.05) is 6.04 Å². The zero-order valence-electron chi connectivity index (χ0n) is 13.5. The van der Waals surface area contributed by atoms with Gasteiger partial charge in [-0.05, 0) is 30.9 Å². The molecule has 7 heteroatoms. The molecule has 3 amide bonds. The third-order valence-corrected chi connectivity index (χ3v) is 4.44. The van der Waals surface area contributed by atoms with Crippen molar-refractivity contribution in [2.45, 2.75) is 38.6 Å². The number of ether oxygens (including phenoxy) is 1. The molecule has 1 fully saturated rings. The van der Waals surface area contributed by atoms with Gasteiger partial charge in [-0.25, -0.2) is 9.59 Å². The molecule has 0 aliphatic heterocycles. The number of nitrogens with one attached hydrogen (secondary N) is 2. The molecule has 1 aliphatic rings. The molecule has 130 valence electrons. The molecule has 1 aliphatic carbocycles. The van der Waals surface area contributed by atoms with Crippen molar-refractivity contribution >= 4 is 29.5 Å². The Morgan fingerprint density at radius 1 is 1.21 bits per heavy atom. The predicted molar refractivity (Wildman–Crippen MR) is 89.8 cm³/mol. The van der Waals surface area contributed by atoms with Gasteiger partial charge in [-0.1, -0.05) is 43.5 Å². The number of carbonyl (C=O) groups excluding carboxylic acids is 3. The summed E-state index contributed by atoms with van der Waals surface area (Å²) >= 11 is 5.88. The highest BCUT2D eigenvalue weighted by molar-refractivity contribution is 6.33. The van der Waals surface area contributed by atoms with E-state index in [1.165, 1.54) is 6.07 Å². The Morgan fingerprint density at radius 3 is 2.62 bits per heavy atom. The van der Waals surface area contributed by atoms with E-state index in [-0.39, 0.29) is 16.6 Å². The zero-order valence-corrected chi connectivity index (χ0v) is 14.3. The van der Waals surface area contributed by atoms with Gasteiger partial charge < -0.3 is 10.1 Å². The number of imide groups is 1. The number of rotatable bonds is 4. The maximum absolute atomic E-state index is 11.8. The van der Waals surface area contributed by atoms with Crippen LogP contribution in [0, 0.1) is 5.92 Å². The Labute approximate surface area is 145 Å². The fourth-order valence-corrected chi connectivity index (χ4v) is 2.95. The van der Waals surface area contributed by atoms with Crippen molar-refractivity contribution in [3.8, 4) is 0 Å². The van der Waals surface area contributed by atoms with Gasteiger partial charge in [0.05, 0.1) is 10.6 Å². The molecule has 2 atom stereocenters. The summed E-state index contributed by atoms with van der Waals surface area (Å²) in [6.07, 6.45) is 4.20. The van der Waals surface area contributed by atoms with Gasteiger partial charge in [-0.2, -0.15) is 0 Å². The smallest absolute Gasteiger partial charge is 0.340 e. The molecule has 6 nitrogen and oxygen atoms in total. The SMILES string of the molecule is C[C@@H]1CCCC[C@H]1NC(=O)NC(=O)COC(=O)c1ccccc1Cl. The van der Waals surface area contributed by atoms with Crippen molar-refractivity contribution in [2.24, 2.45) is 5.92 Å². The fourth-order valence-electron chi connectivity index (χ4n) is 2.73. The number of amides is 3. The minimum absolute atomic E-state index is 0.0669. The van der Waals surface area contributed by atoms with Crippen LogP contribution in [0.2, 0.25) is 5.02 Å². The summed E-state index contributed by atoms with van der Waals surface area (Å²) in [5.41, 5.74) is 0.174. The first-order valence-corrected chi connectivity index (χ1v) is 8.37. The molecular formula is C17H21ClN2O4. The largest absolute Gasteiger partial charge is 0.452 e. The zero-order chi connectivity index (χ0) is 17.5. The van der Waals surface area contributed by atoms with Crippen LogP contribution in [0.1, 0.15) is 43.0 Å². The van der Waals surface area contributed by atoms with Crippen molar-refractivity contribution in [1.82, 2.24) is 10.6 Å². The third kappa shape index (κ3) is 5.23. The summed E-state index contributed by atoms with van der Waals surface area (Å²) in [5.74, 6) is -1.01. The van der Waals surface area contributed by atoms with E-state index in [2.05, 4.69) is 17.6 Å². The van der Waals surface area contributed by atoms with Gasteiger partial charge in [0.25, 0.3) is 5.91 Å². The summed E-state index contributed by atoms with van der Waals surface area (Å²) in [4.78, 5) is 35.4. The number of halogens is 1. The van der Waals surface area contributed by atoms with Crippen LogP contribution in [0.5, 0.6) is 0 Å². The predicted octanol–water partition coefficient (Wildman–Crippen LogP) is 2.90. The first kappa shape index (κ1) is 18.3. The molecule has 1 aromatic carbocycles. The van der Waals surface area contributed by atoms with Crippen LogP contribution >= 0.6 is 11.6 Å². The number of urea groups is 1. The maximum atomic E-state index is 11.8. The molecule has 2 N–H and O–H groups in total. The lowest BCUT2D eigenvalue weighted by atomic mass is 9.86. The minimum Gasteiger partial charge on any atom is -0.452 e. The van der Waals surface area contributed by atoms with E-state index >= 15 is 0 Å². The highest BCUT2D eigenvalue weighted by atomic mass is 35.5. The summed E-state index contributed by atoms with van der Waals surface area (Å²) in [6, 6.07) is 5.88. The topological polar surface area (TPSA) is 84.5 Å². The van der Waals surface area contributed by atoms with Gasteiger partial charge in [0.1, 0.15) is 0 Å². The molecule has 0 heterocycles. The van der Waals surface area contributed by atoms with Gasteiger partial charge >= 0.3 is 12.0 Å². The Hall–Kier alpha value is -2.08. The van der Waals surface area contributed by atoms with Gasteiger partial charge in [-0.3, -0.25) is 10.1 Å². The molecular weight excluding hydrogens is 332 g/mol. The Balaban J connectivity index is 1.75. The second kappa shape index (κ2) is 8.68. The Morgan fingerprint density at radius 2 is 1.92 bits per heavy atom. The first-order chi connectivity index (χ1) is 11.5. The van der Waals surface area contributed by atoms with Crippen LogP contribution in [0.4, 0.5) is 4.79 Å². The highest BCUT2D eigenvalue weighted by Gasteiger charge is 2.23. The standard InChI is InChI=1S/C17H21ClN2O4/c1-11-6-2-5-9-14(11)19-17(23)20-15(21)10-24-16(22)12-7-3-4-8-13(12)18/h3-4,7-8,11,14H,2,5-6,9-10H2,1H3,(H2,19,20,21,23)/t11-,14-/m1/s1. The normalized spacial score (nSPS) is 20.1. The summed E-state index contributed by atoms with van der Waals surface area (Å²) < 4.78 is 4.87. The lowest BCUT2D eigenvalue weighted by Crippen LogP contribution is -2.48. The third-order valence-electron chi connectivity index (χ3n) is 4.11. The Bertz CT molecular complexity index is 620. The van der Waals surface area contributed by atoms with Crippen molar-refractivity contribution in [1.29, 1.82) is 0 Å². The van der Waals surface area contributed by atoms with E-state index in [1.807, 2.05) is 0 Å². The molecule has 0 radical (unpaired) electrons. The van der Waals surface area contributed by atoms with E-state index in [0.29, 0.717) is 5.92 Å². The van der Waals surface area contributed by atoms with Crippen LogP contribution < -0.4 is 10.6 Å². The quantitative estimate of drug-likeness (QED) is 0.816. The van der Waals surface area contributed by atoms with Crippen molar-refractivity contribution in [2.75, 3.05) is 6.61 Å². The average molecular weight is 353 g/mol. The van der Waals surface area contributed by atoms with E-state index in [9.17, 15) is 14.4 Å². The molecule has 0 bridgehead atoms. The van der Waals surface area contributed by atoms with Crippen LogP contribution in [0.15, 0.2) is 24.3 Å². The number of hydrogen-bond acceptors (Lipinski definition) is 4. The summed E-state index contributed by atoms with van der Waals surface area (Å²) in [7, 11) is 0. The van der Waals surface area contributed by atoms with Crippen molar-refractivity contribution in [3.05, 3.63) is 34.9 Å². The summed E-state index contributed by atoms with van der Waals surface area (Å²) in [6.45, 7) is 1.54. The number of hydrogen-bond donors (Lipinski definition) is 2. The van der Waals surface area contributed by atoms with Crippen molar-refractivity contribution < 1.29 is 19.1 Å². The lowest BCUT2D eigenvalue weighted by molar-refractivity contribution is -0.123. The summed E-state index contributed by atoms with van der Waals surface area (Å²) in [5, 5.41) is 5.21. The monoisotopic (exact) mass is 352 g/mol. The van der Waals surface area contributed by atoms with Crippen LogP contribution in [-0.2, 0) is 9.53 Å². The molecule has 0 spiro atoms. The second-order valence-electron chi connectivity index (χ2n) is 5.95. The molecule has 0 unspecified atom stereocenters. The molecule has 24 heavy (non-hydrogen) atoms. The number of carbonyl (C=O) groups is 3. The average Bonchev–Trinajstić information content (AvgIpc) is 2.55. The van der Waals surface area contributed by atoms with E-state index in [4.69, 9.17) is 16.3 Å². The van der Waals surface area contributed by atoms with E-state index < -0.39 is 24.5 Å². The molecule has 0 saturated heterocycles. The van der Waals surface area contributed by atoms with Gasteiger partial charge in [-0.15, -0.1) is 0 Å². The lowest BCUT2D eigenvalue weighted by Gasteiger charge is -2.29. The second-order valence-corrected chi connectivity index (χ2v) is 6.35. The maximum Gasteiger partial charge on any atom is 0.340 e. The van der Waals surface area contributed by atoms with Crippen molar-refractivity contribution in [3.63, 3.8) is 0 Å². The number of benzene rings is 1. The highest BCUT2D eigenvalue weighted by Crippen LogP contribution is 2.23. The van der Waals surface area contributed by atoms with Crippen LogP contribution in [-0.4, -0.2) is 30.6 Å². The van der Waals surface area contributed by atoms with E-state index in [1.54, 1.807) is 18.2 Å². The molecule has 1 saturated carbocycles. The molecule has 2 rings (SSSR count). The fraction of sp³-hybridized carbons (Fsp3) is 0.471. The molecule has 1 aromatic rings. The van der Waals surface area contributed by atoms with Gasteiger partial charge in [0.15, 0.2) is 6.61 Å². The van der Waals surface area contributed by atoms with Gasteiger partial charge in [0.2, 0.25) is 0 Å². The van der Waals surface area contributed by atoms with Crippen LogP contribution in [0.25, 0.3) is 0 Å². The van der Waals surface area contributed by atoms with E-state index in [0.717, 1.165) is 25.7 Å². The molecule has 0 aromatic heterocycles. The number of esters is 1. The first-order valence-electron chi connectivity index (χ1n) is 7.99. The van der Waals surface area contributed by atoms with Crippen LogP contribution in [0.3, 0.4) is 0 Å². The Kier molecular flexibility index (Phi) is 6.61. The minimum atomic E-state index is -0.711.